The molecule has 25 heteroatoms. The molecule has 4 aliphatic rings. The molecule has 4 saturated heterocycles. The van der Waals surface area contributed by atoms with Crippen molar-refractivity contribution in [3.63, 3.8) is 0 Å². The largest absolute Gasteiger partial charge is 0.394 e. The Balaban J connectivity index is 1.43. The minimum Gasteiger partial charge on any atom is -0.394 e. The number of nitrogens with one attached hydrogen (secondary N) is 2. The van der Waals surface area contributed by atoms with Crippen molar-refractivity contribution in [1.29, 1.82) is 0 Å². The van der Waals surface area contributed by atoms with Crippen LogP contribution in [0.25, 0.3) is 0 Å². The normalized spacial score (nSPS) is 30.0. The van der Waals surface area contributed by atoms with Gasteiger partial charge < -0.3 is 115 Å². The smallest absolute Gasteiger partial charge is 0.297 e. The quantitative estimate of drug-likeness (QED) is 0.0191. The highest BCUT2D eigenvalue weighted by Gasteiger charge is 2.56. The Bertz CT molecular complexity index is 3290. The maximum atomic E-state index is 13.1. The summed E-state index contributed by atoms with van der Waals surface area (Å²) >= 11 is 0. The summed E-state index contributed by atoms with van der Waals surface area (Å²) in [7, 11) is 0. The van der Waals surface area contributed by atoms with Crippen LogP contribution in [0.1, 0.15) is 97.8 Å². The number of rotatable bonds is 29. The molecule has 0 aliphatic carbocycles. The van der Waals surface area contributed by atoms with E-state index < -0.39 is 180 Å². The van der Waals surface area contributed by atoms with Gasteiger partial charge in [0.15, 0.2) is 25.2 Å². The Labute approximate surface area is 554 Å². The van der Waals surface area contributed by atoms with Crippen LogP contribution < -0.4 is 10.6 Å². The first-order valence-electron chi connectivity index (χ1n) is 30.9. The number of ether oxygens (including phenoxy) is 8. The zero-order valence-electron chi connectivity index (χ0n) is 52.8. The molecule has 0 spiro atoms. The maximum absolute atomic E-state index is 13.1. The van der Waals surface area contributed by atoms with Gasteiger partial charge in [-0.05, 0) is 114 Å². The second-order valence-electron chi connectivity index (χ2n) is 21.6. The van der Waals surface area contributed by atoms with Gasteiger partial charge in [-0.2, -0.15) is 0 Å². The van der Waals surface area contributed by atoms with Crippen molar-refractivity contribution in [2.45, 2.75) is 233 Å². The zero-order valence-corrected chi connectivity index (χ0v) is 52.8. The van der Waals surface area contributed by atoms with Crippen LogP contribution >= 0.6 is 0 Å². The zero-order chi connectivity index (χ0) is 69.3. The third-order valence-corrected chi connectivity index (χ3v) is 14.7. The predicted octanol–water partition coefficient (Wildman–Crippen LogP) is -4.42. The Kier molecular flexibility index (Phi) is 38.6. The number of hydrogen-bond donors (Lipinski definition) is 15. The van der Waals surface area contributed by atoms with E-state index in [2.05, 4.69) is 160 Å². The minimum atomic E-state index is -2.16. The first-order chi connectivity index (χ1) is 46.0. The maximum Gasteiger partial charge on any atom is 0.297 e. The number of allylic oxidation sites excluding steroid dienone is 1. The molecular weight excluding hydrogens is 1240 g/mol. The van der Waals surface area contributed by atoms with Gasteiger partial charge in [0.2, 0.25) is 5.91 Å². The Morgan fingerprint density at radius 2 is 0.842 bits per heavy atom. The number of unbranched alkanes of at least 4 members (excludes halogenated alkanes) is 11. The van der Waals surface area contributed by atoms with E-state index in [1.165, 1.54) is 51.0 Å². The Morgan fingerprint density at radius 1 is 0.453 bits per heavy atom. The summed E-state index contributed by atoms with van der Waals surface area (Å²) in [6.45, 7) is 0.599. The van der Waals surface area contributed by atoms with Crippen molar-refractivity contribution in [1.82, 2.24) is 10.6 Å². The molecule has 0 bridgehead atoms. The third kappa shape index (κ3) is 27.7. The van der Waals surface area contributed by atoms with Gasteiger partial charge in [-0.15, -0.1) is 0 Å². The number of carbonyl (C=O) groups excluding carboxylic acids is 2. The molecule has 510 valence electrons. The number of carbonyl (C=O) groups is 2. The lowest BCUT2D eigenvalue weighted by Crippen LogP contribution is -2.69. The van der Waals surface area contributed by atoms with Crippen molar-refractivity contribution < 1.29 is 114 Å². The lowest BCUT2D eigenvalue weighted by Gasteiger charge is -2.49. The second-order valence-corrected chi connectivity index (χ2v) is 21.6. The van der Waals surface area contributed by atoms with Crippen LogP contribution in [-0.2, 0) is 47.5 Å². The highest BCUT2D eigenvalue weighted by molar-refractivity contribution is 5.94. The molecule has 0 aromatic heterocycles. The number of aliphatic hydroxyl groups is 13. The molecule has 2 amide bonds. The SMILES string of the molecule is CC#CC#CC#CC#CC#CC#CC#CC#CC#CC#CC#CC#CC(=O)N[C@@H](COC1OC(CO)C(OC2OC(CO)C(O)C(OC3OC(CO)C(O)C(OC4OC(CO)C(O)C(O)C4NC(C)=O)C3O)C2O)C(O)C1O)[C@H](O)/C=C/CCCCCCCCCCCCC. The van der Waals surface area contributed by atoms with Gasteiger partial charge in [0.1, 0.15) is 97.6 Å². The molecule has 0 aromatic rings. The van der Waals surface area contributed by atoms with E-state index in [0.717, 1.165) is 32.6 Å². The summed E-state index contributed by atoms with van der Waals surface area (Å²) in [4.78, 5) is 25.2. The van der Waals surface area contributed by atoms with Crippen molar-refractivity contribution in [2.75, 3.05) is 33.0 Å². The van der Waals surface area contributed by atoms with Crippen molar-refractivity contribution in [2.24, 2.45) is 0 Å². The van der Waals surface area contributed by atoms with Gasteiger partial charge in [-0.1, -0.05) is 89.2 Å². The van der Waals surface area contributed by atoms with Crippen LogP contribution in [0.5, 0.6) is 0 Å². The standard InChI is InChI=1S/C70H82N2O23/c1-4-6-8-10-12-14-16-18-19-20-21-22-23-24-25-26-27-29-31-33-35-37-39-41-54(79)72-48(49(78)40-38-36-34-32-30-28-17-15-13-11-9-7-5-2)46-88-68-61(85)60(84)64(53(45-76)92-68)93-69-63(87)66(58(82)52(44-75)90-69)95-70-62(86)65(57(81)51(43-74)91-70)94-67-55(71-47(3)77)59(83)56(80)50(42-73)89-67/h38,40,48-53,55-70,73-76,78,80-87H,5,7,9,11,13,15,17,28,30,32,34,36,42-46H2,1-3H3,(H,71,77)(H,72,79)/b40-38+/t48-,49+,50?,51?,52?,53?,55?,56?,57?,58?,59?,60?,61?,62?,63?,64?,65?,66?,67?,68?,69?,70?/m0/s1. The van der Waals surface area contributed by atoms with Crippen molar-refractivity contribution in [3.8, 4) is 142 Å². The predicted molar refractivity (Wildman–Crippen MR) is 336 cm³/mol. The van der Waals surface area contributed by atoms with Gasteiger partial charge in [0, 0.05) is 48.4 Å². The van der Waals surface area contributed by atoms with Crippen LogP contribution in [-0.4, -0.2) is 246 Å². The van der Waals surface area contributed by atoms with Crippen LogP contribution in [0.15, 0.2) is 12.2 Å². The summed E-state index contributed by atoms with van der Waals surface area (Å²) < 4.78 is 46.1. The van der Waals surface area contributed by atoms with E-state index in [4.69, 9.17) is 37.9 Å². The molecule has 4 rings (SSSR count). The van der Waals surface area contributed by atoms with E-state index in [9.17, 15) is 76.0 Å². The number of hydrogen-bond acceptors (Lipinski definition) is 23. The highest BCUT2D eigenvalue weighted by atomic mass is 16.8. The molecule has 95 heavy (non-hydrogen) atoms. The highest BCUT2D eigenvalue weighted by Crippen LogP contribution is 2.35. The lowest BCUT2D eigenvalue weighted by molar-refractivity contribution is -0.387. The van der Waals surface area contributed by atoms with Crippen molar-refractivity contribution in [3.05, 3.63) is 12.2 Å². The first kappa shape index (κ1) is 80.0. The van der Waals surface area contributed by atoms with E-state index >= 15 is 0 Å². The Morgan fingerprint density at radius 3 is 1.28 bits per heavy atom. The third-order valence-electron chi connectivity index (χ3n) is 14.7. The van der Waals surface area contributed by atoms with Gasteiger partial charge in [-0.25, -0.2) is 0 Å². The van der Waals surface area contributed by atoms with E-state index in [1.54, 1.807) is 13.0 Å². The summed E-state index contributed by atoms with van der Waals surface area (Å²) in [5.41, 5.74) is 0. The van der Waals surface area contributed by atoms with Gasteiger partial charge >= 0.3 is 0 Å². The molecule has 4 heterocycles. The van der Waals surface area contributed by atoms with Gasteiger partial charge in [0.05, 0.1) is 45.2 Å². The van der Waals surface area contributed by atoms with E-state index in [1.807, 2.05) is 0 Å². The molecule has 15 N–H and O–H groups in total. The van der Waals surface area contributed by atoms with Crippen LogP contribution in [0.4, 0.5) is 0 Å². The van der Waals surface area contributed by atoms with Crippen LogP contribution in [0, 0.1) is 142 Å². The summed E-state index contributed by atoms with van der Waals surface area (Å²) in [5.74, 6) is 57.6. The summed E-state index contributed by atoms with van der Waals surface area (Å²) in [6.07, 6.45) is -20.5. The molecule has 0 radical (unpaired) electrons. The number of aliphatic hydroxyl groups excluding tert-OH is 13. The fourth-order valence-corrected chi connectivity index (χ4v) is 9.76. The second kappa shape index (κ2) is 45.9. The van der Waals surface area contributed by atoms with Crippen molar-refractivity contribution >= 4 is 11.8 Å². The van der Waals surface area contributed by atoms with Crippen LogP contribution in [0.2, 0.25) is 0 Å². The monoisotopic (exact) mass is 1320 g/mol. The molecule has 4 aliphatic heterocycles. The summed E-state index contributed by atoms with van der Waals surface area (Å²) in [6, 6.07) is -2.83. The molecule has 20 unspecified atom stereocenters. The molecule has 25 nitrogen and oxygen atoms in total. The average molecular weight is 1320 g/mol. The number of amides is 2. The molecule has 22 atom stereocenters. The van der Waals surface area contributed by atoms with Gasteiger partial charge in [-0.3, -0.25) is 9.59 Å². The van der Waals surface area contributed by atoms with Gasteiger partial charge in [0.25, 0.3) is 5.91 Å². The molecule has 0 aromatic carbocycles. The molecule has 0 saturated carbocycles. The van der Waals surface area contributed by atoms with E-state index in [0.29, 0.717) is 6.42 Å². The summed E-state index contributed by atoms with van der Waals surface area (Å²) in [5, 5.41) is 147. The fraction of sp³-hybridized carbons (Fsp3) is 0.600. The lowest BCUT2D eigenvalue weighted by atomic mass is 9.95. The topological polar surface area (TPSA) is 395 Å². The van der Waals surface area contributed by atoms with Crippen LogP contribution in [0.3, 0.4) is 0 Å². The average Bonchev–Trinajstić information content (AvgIpc) is 0.794. The minimum absolute atomic E-state index is 0.589. The first-order valence-corrected chi connectivity index (χ1v) is 30.9. The molecule has 4 fully saturated rings. The fourth-order valence-electron chi connectivity index (χ4n) is 9.76. The Hall–Kier alpha value is -7.44. The molecular formula is C70H82N2O23. The van der Waals surface area contributed by atoms with E-state index in [-0.39, 0.29) is 0 Å².